The third kappa shape index (κ3) is 3.92. The summed E-state index contributed by atoms with van der Waals surface area (Å²) in [5, 5.41) is 0.579. The van der Waals surface area contributed by atoms with E-state index in [4.69, 9.17) is 10.5 Å². The van der Waals surface area contributed by atoms with Crippen molar-refractivity contribution in [3.63, 3.8) is 0 Å². The Morgan fingerprint density at radius 2 is 1.79 bits per heavy atom. The summed E-state index contributed by atoms with van der Waals surface area (Å²) in [6, 6.07) is 14.1. The third-order valence-electron chi connectivity index (χ3n) is 3.46. The number of hydrogen-bond acceptors (Lipinski definition) is 5. The molecule has 0 aliphatic heterocycles. The van der Waals surface area contributed by atoms with Crippen molar-refractivity contribution in [2.75, 3.05) is 5.73 Å². The molecule has 1 aromatic heterocycles. The van der Waals surface area contributed by atoms with E-state index >= 15 is 0 Å². The first-order valence-corrected chi connectivity index (χ1v) is 8.59. The second-order valence-corrected chi connectivity index (χ2v) is 7.76. The first-order chi connectivity index (χ1) is 11.3. The zero-order valence-corrected chi connectivity index (χ0v) is 14.8. The SMILES string of the molecule is CC(C)(C)OC(=O)Cc1ccc(-c2ccc3nc(N)sc3c2)cc1. The summed E-state index contributed by atoms with van der Waals surface area (Å²) in [6.45, 7) is 5.61. The number of benzene rings is 2. The Morgan fingerprint density at radius 1 is 1.12 bits per heavy atom. The number of carbonyl (C=O) groups excluding carboxylic acids is 1. The van der Waals surface area contributed by atoms with Crippen LogP contribution in [0.3, 0.4) is 0 Å². The predicted molar refractivity (Wildman–Crippen MR) is 99.0 cm³/mol. The monoisotopic (exact) mass is 340 g/mol. The van der Waals surface area contributed by atoms with E-state index in [9.17, 15) is 4.79 Å². The fourth-order valence-electron chi connectivity index (χ4n) is 2.48. The molecule has 5 heteroatoms. The van der Waals surface area contributed by atoms with Crippen LogP contribution < -0.4 is 5.73 Å². The van der Waals surface area contributed by atoms with Crippen molar-refractivity contribution in [1.82, 2.24) is 4.98 Å². The van der Waals surface area contributed by atoms with Crippen molar-refractivity contribution in [3.05, 3.63) is 48.0 Å². The standard InChI is InChI=1S/C19H20N2O2S/c1-19(2,3)23-17(22)10-12-4-6-13(7-5-12)14-8-9-15-16(11-14)24-18(20)21-15/h4-9,11H,10H2,1-3H3,(H2,20,21). The summed E-state index contributed by atoms with van der Waals surface area (Å²) in [4.78, 5) is 16.2. The molecule has 24 heavy (non-hydrogen) atoms. The quantitative estimate of drug-likeness (QED) is 0.716. The normalized spacial score (nSPS) is 11.6. The molecule has 0 aliphatic carbocycles. The molecule has 0 radical (unpaired) electrons. The zero-order chi connectivity index (χ0) is 17.3. The molecule has 0 aliphatic rings. The molecule has 0 saturated carbocycles. The van der Waals surface area contributed by atoms with Gasteiger partial charge in [0.15, 0.2) is 5.13 Å². The Bertz CT molecular complexity index is 877. The Kier molecular flexibility index (Phi) is 4.28. The average Bonchev–Trinajstić information content (AvgIpc) is 2.85. The highest BCUT2D eigenvalue weighted by molar-refractivity contribution is 7.22. The van der Waals surface area contributed by atoms with Gasteiger partial charge in [0, 0.05) is 0 Å². The molecule has 1 heterocycles. The van der Waals surface area contributed by atoms with Gasteiger partial charge in [0.2, 0.25) is 0 Å². The van der Waals surface area contributed by atoms with Gasteiger partial charge in [-0.15, -0.1) is 0 Å². The van der Waals surface area contributed by atoms with E-state index < -0.39 is 5.60 Å². The number of thiazole rings is 1. The highest BCUT2D eigenvalue weighted by Crippen LogP contribution is 2.29. The fourth-order valence-corrected chi connectivity index (χ4v) is 3.25. The molecule has 3 rings (SSSR count). The van der Waals surface area contributed by atoms with Crippen LogP contribution in [0, 0.1) is 0 Å². The van der Waals surface area contributed by atoms with Crippen LogP contribution in [-0.4, -0.2) is 16.6 Å². The van der Waals surface area contributed by atoms with Crippen molar-refractivity contribution >= 4 is 32.7 Å². The number of hydrogen-bond donors (Lipinski definition) is 1. The summed E-state index contributed by atoms with van der Waals surface area (Å²) in [5.41, 5.74) is 9.36. The molecule has 0 atom stereocenters. The molecule has 0 unspecified atom stereocenters. The van der Waals surface area contributed by atoms with Gasteiger partial charge in [0.05, 0.1) is 16.6 Å². The van der Waals surface area contributed by atoms with E-state index in [1.807, 2.05) is 57.2 Å². The molecule has 0 saturated heterocycles. The van der Waals surface area contributed by atoms with Crippen LogP contribution in [0.25, 0.3) is 21.3 Å². The lowest BCUT2D eigenvalue weighted by molar-refractivity contribution is -0.153. The minimum atomic E-state index is -0.455. The predicted octanol–water partition coefficient (Wildman–Crippen LogP) is 4.43. The summed E-state index contributed by atoms with van der Waals surface area (Å²) in [5.74, 6) is -0.211. The minimum absolute atomic E-state index is 0.211. The maximum absolute atomic E-state index is 11.9. The van der Waals surface area contributed by atoms with E-state index in [0.717, 1.165) is 26.9 Å². The van der Waals surface area contributed by atoms with Crippen LogP contribution in [0.15, 0.2) is 42.5 Å². The number of aromatic nitrogens is 1. The van der Waals surface area contributed by atoms with Gasteiger partial charge in [-0.2, -0.15) is 0 Å². The van der Waals surface area contributed by atoms with Crippen LogP contribution >= 0.6 is 11.3 Å². The zero-order valence-electron chi connectivity index (χ0n) is 14.0. The van der Waals surface area contributed by atoms with Gasteiger partial charge in [0.1, 0.15) is 5.60 Å². The van der Waals surface area contributed by atoms with Gasteiger partial charge in [-0.1, -0.05) is 41.7 Å². The fraction of sp³-hybridized carbons (Fsp3) is 0.263. The molecular weight excluding hydrogens is 320 g/mol. The first kappa shape index (κ1) is 16.5. The molecule has 124 valence electrons. The molecule has 2 aromatic carbocycles. The number of anilines is 1. The van der Waals surface area contributed by atoms with Gasteiger partial charge < -0.3 is 10.5 Å². The molecule has 3 aromatic rings. The Morgan fingerprint density at radius 3 is 2.46 bits per heavy atom. The summed E-state index contributed by atoms with van der Waals surface area (Å²) < 4.78 is 6.42. The van der Waals surface area contributed by atoms with Crippen molar-refractivity contribution in [2.24, 2.45) is 0 Å². The molecule has 2 N–H and O–H groups in total. The lowest BCUT2D eigenvalue weighted by Crippen LogP contribution is -2.24. The number of nitrogens with two attached hydrogens (primary N) is 1. The number of carbonyl (C=O) groups is 1. The Labute approximate surface area is 145 Å². The molecular formula is C19H20N2O2S. The number of nitrogens with zero attached hydrogens (tertiary/aromatic N) is 1. The third-order valence-corrected chi connectivity index (χ3v) is 4.31. The lowest BCUT2D eigenvalue weighted by atomic mass is 10.0. The van der Waals surface area contributed by atoms with Crippen LogP contribution in [0.1, 0.15) is 26.3 Å². The first-order valence-electron chi connectivity index (χ1n) is 7.77. The highest BCUT2D eigenvalue weighted by atomic mass is 32.1. The minimum Gasteiger partial charge on any atom is -0.460 e. The van der Waals surface area contributed by atoms with Gasteiger partial charge in [0.25, 0.3) is 0 Å². The maximum Gasteiger partial charge on any atom is 0.310 e. The number of nitrogen functional groups attached to an aromatic ring is 1. The Balaban J connectivity index is 1.76. The second-order valence-electron chi connectivity index (χ2n) is 6.69. The van der Waals surface area contributed by atoms with Gasteiger partial charge in [-0.05, 0) is 49.6 Å². The largest absolute Gasteiger partial charge is 0.460 e. The number of esters is 1. The number of fused-ring (bicyclic) bond motifs is 1. The van der Waals surface area contributed by atoms with Crippen LogP contribution in [0.2, 0.25) is 0 Å². The van der Waals surface area contributed by atoms with Crippen molar-refractivity contribution in [2.45, 2.75) is 32.8 Å². The molecule has 4 nitrogen and oxygen atoms in total. The van der Waals surface area contributed by atoms with E-state index in [2.05, 4.69) is 11.1 Å². The van der Waals surface area contributed by atoms with Crippen molar-refractivity contribution in [1.29, 1.82) is 0 Å². The second kappa shape index (κ2) is 6.24. The molecule has 0 amide bonds. The topological polar surface area (TPSA) is 65.2 Å². The highest BCUT2D eigenvalue weighted by Gasteiger charge is 2.16. The van der Waals surface area contributed by atoms with E-state index in [-0.39, 0.29) is 12.4 Å². The van der Waals surface area contributed by atoms with Gasteiger partial charge in [-0.25, -0.2) is 4.98 Å². The smallest absolute Gasteiger partial charge is 0.310 e. The van der Waals surface area contributed by atoms with Crippen LogP contribution in [-0.2, 0) is 16.0 Å². The summed E-state index contributed by atoms with van der Waals surface area (Å²) in [6.07, 6.45) is 0.280. The Hall–Kier alpha value is -2.40. The number of rotatable bonds is 3. The van der Waals surface area contributed by atoms with Crippen LogP contribution in [0.5, 0.6) is 0 Å². The molecule has 0 bridgehead atoms. The van der Waals surface area contributed by atoms with E-state index in [0.29, 0.717) is 5.13 Å². The van der Waals surface area contributed by atoms with Gasteiger partial charge in [-0.3, -0.25) is 4.79 Å². The van der Waals surface area contributed by atoms with Gasteiger partial charge >= 0.3 is 5.97 Å². The van der Waals surface area contributed by atoms with Crippen molar-refractivity contribution in [3.8, 4) is 11.1 Å². The summed E-state index contributed by atoms with van der Waals surface area (Å²) in [7, 11) is 0. The van der Waals surface area contributed by atoms with E-state index in [1.165, 1.54) is 11.3 Å². The maximum atomic E-state index is 11.9. The molecule has 0 fully saturated rings. The van der Waals surface area contributed by atoms with Crippen molar-refractivity contribution < 1.29 is 9.53 Å². The van der Waals surface area contributed by atoms with E-state index in [1.54, 1.807) is 0 Å². The lowest BCUT2D eigenvalue weighted by Gasteiger charge is -2.19. The number of ether oxygens (including phenoxy) is 1. The molecule has 0 spiro atoms. The average molecular weight is 340 g/mol. The summed E-state index contributed by atoms with van der Waals surface area (Å²) >= 11 is 1.48. The van der Waals surface area contributed by atoms with Crippen LogP contribution in [0.4, 0.5) is 5.13 Å².